The van der Waals surface area contributed by atoms with Crippen LogP contribution in [0.5, 0.6) is 0 Å². The van der Waals surface area contributed by atoms with Crippen LogP contribution in [-0.2, 0) is 4.79 Å². The van der Waals surface area contributed by atoms with Crippen molar-refractivity contribution in [2.45, 2.75) is 44.3 Å². The van der Waals surface area contributed by atoms with Gasteiger partial charge in [0.25, 0.3) is 0 Å². The van der Waals surface area contributed by atoms with E-state index in [2.05, 4.69) is 34.7 Å². The summed E-state index contributed by atoms with van der Waals surface area (Å²) in [5.41, 5.74) is 0.530. The van der Waals surface area contributed by atoms with Gasteiger partial charge in [0.05, 0.1) is 11.4 Å². The molecular formula is C17H22FN5OS. The second-order valence-corrected chi connectivity index (χ2v) is 7.53. The van der Waals surface area contributed by atoms with Gasteiger partial charge in [0.1, 0.15) is 5.82 Å². The zero-order valence-corrected chi connectivity index (χ0v) is 15.2. The molecule has 1 amide bonds. The Morgan fingerprint density at radius 3 is 3.04 bits per heavy atom. The number of rotatable bonds is 5. The number of amides is 1. The molecule has 1 aromatic carbocycles. The topological polar surface area (TPSA) is 72.7 Å². The minimum atomic E-state index is -0.359. The summed E-state index contributed by atoms with van der Waals surface area (Å²) in [6, 6.07) is 6.26. The Hall–Kier alpha value is -1.96. The van der Waals surface area contributed by atoms with Crippen molar-refractivity contribution in [3.63, 3.8) is 0 Å². The first-order valence-electron chi connectivity index (χ1n) is 8.51. The van der Waals surface area contributed by atoms with Crippen molar-refractivity contribution < 1.29 is 9.18 Å². The van der Waals surface area contributed by atoms with Gasteiger partial charge >= 0.3 is 0 Å². The molecule has 2 aromatic rings. The molecule has 0 aliphatic heterocycles. The maximum absolute atomic E-state index is 13.4. The molecule has 25 heavy (non-hydrogen) atoms. The second kappa shape index (κ2) is 7.95. The van der Waals surface area contributed by atoms with Crippen LogP contribution in [0.25, 0.3) is 5.69 Å². The molecule has 3 atom stereocenters. The van der Waals surface area contributed by atoms with Crippen molar-refractivity contribution in [1.82, 2.24) is 25.5 Å². The average molecular weight is 363 g/mol. The molecule has 1 aliphatic carbocycles. The number of carbonyl (C=O) groups is 1. The van der Waals surface area contributed by atoms with Crippen molar-refractivity contribution >= 4 is 17.7 Å². The standard InChI is InChI=1S/C17H22FN5OS/c1-11-5-3-8-15(12(11)2)19-16(24)10-25-17-20-21-22-23(17)14-7-4-6-13(18)9-14/h4,6-7,9,11-12,15H,3,5,8,10H2,1-2H3,(H,19,24)/t11-,12+,15+/m0/s1. The van der Waals surface area contributed by atoms with Gasteiger partial charge < -0.3 is 5.32 Å². The first-order valence-corrected chi connectivity index (χ1v) is 9.49. The number of aromatic nitrogens is 4. The predicted molar refractivity (Wildman–Crippen MR) is 93.9 cm³/mol. The number of tetrazole rings is 1. The Kier molecular flexibility index (Phi) is 5.67. The number of hydrogen-bond acceptors (Lipinski definition) is 5. The van der Waals surface area contributed by atoms with Crippen molar-refractivity contribution in [2.75, 3.05) is 5.75 Å². The maximum atomic E-state index is 13.4. The van der Waals surface area contributed by atoms with Gasteiger partial charge in [-0.25, -0.2) is 4.39 Å². The van der Waals surface area contributed by atoms with Crippen LogP contribution in [0.3, 0.4) is 0 Å². The molecule has 1 aromatic heterocycles. The number of carbonyl (C=O) groups excluding carboxylic acids is 1. The monoisotopic (exact) mass is 363 g/mol. The van der Waals surface area contributed by atoms with Crippen molar-refractivity contribution in [2.24, 2.45) is 11.8 Å². The van der Waals surface area contributed by atoms with Crippen LogP contribution in [0.15, 0.2) is 29.4 Å². The van der Waals surface area contributed by atoms with E-state index in [1.807, 2.05) is 0 Å². The largest absolute Gasteiger partial charge is 0.352 e. The third-order valence-electron chi connectivity index (χ3n) is 4.88. The lowest BCUT2D eigenvalue weighted by Crippen LogP contribution is -2.44. The molecule has 134 valence electrons. The fourth-order valence-corrected chi connectivity index (χ4v) is 3.91. The van der Waals surface area contributed by atoms with Crippen LogP contribution >= 0.6 is 11.8 Å². The van der Waals surface area contributed by atoms with Crippen LogP contribution in [0, 0.1) is 17.7 Å². The highest BCUT2D eigenvalue weighted by atomic mass is 32.2. The minimum absolute atomic E-state index is 0.0234. The van der Waals surface area contributed by atoms with Gasteiger partial charge in [0, 0.05) is 6.04 Å². The molecule has 3 rings (SSSR count). The highest BCUT2D eigenvalue weighted by Gasteiger charge is 2.28. The Labute approximate surface area is 150 Å². The van der Waals surface area contributed by atoms with Crippen molar-refractivity contribution in [3.8, 4) is 5.69 Å². The molecule has 6 nitrogen and oxygen atoms in total. The van der Waals surface area contributed by atoms with Crippen LogP contribution in [0.4, 0.5) is 4.39 Å². The number of nitrogens with zero attached hydrogens (tertiary/aromatic N) is 4. The molecule has 0 unspecified atom stereocenters. The Morgan fingerprint density at radius 1 is 1.40 bits per heavy atom. The van der Waals surface area contributed by atoms with E-state index in [0.29, 0.717) is 22.7 Å². The molecule has 0 spiro atoms. The van der Waals surface area contributed by atoms with Gasteiger partial charge in [-0.1, -0.05) is 44.5 Å². The van der Waals surface area contributed by atoms with Gasteiger partial charge in [0.15, 0.2) is 0 Å². The van der Waals surface area contributed by atoms with Crippen molar-refractivity contribution in [3.05, 3.63) is 30.1 Å². The summed E-state index contributed by atoms with van der Waals surface area (Å²) in [4.78, 5) is 12.3. The lowest BCUT2D eigenvalue weighted by Gasteiger charge is -2.34. The highest BCUT2D eigenvalue weighted by Crippen LogP contribution is 2.29. The van der Waals surface area contributed by atoms with E-state index in [9.17, 15) is 9.18 Å². The first-order chi connectivity index (χ1) is 12.0. The Balaban J connectivity index is 1.59. The van der Waals surface area contributed by atoms with Crippen molar-refractivity contribution in [1.29, 1.82) is 0 Å². The molecule has 1 heterocycles. The third-order valence-corrected chi connectivity index (χ3v) is 5.80. The summed E-state index contributed by atoms with van der Waals surface area (Å²) in [5.74, 6) is 0.965. The number of nitrogens with one attached hydrogen (secondary N) is 1. The lowest BCUT2D eigenvalue weighted by atomic mass is 9.78. The summed E-state index contributed by atoms with van der Waals surface area (Å²) in [6.45, 7) is 4.44. The fourth-order valence-electron chi connectivity index (χ4n) is 3.20. The third kappa shape index (κ3) is 4.36. The highest BCUT2D eigenvalue weighted by molar-refractivity contribution is 7.99. The molecule has 1 saturated carbocycles. The summed E-state index contributed by atoms with van der Waals surface area (Å²) in [5, 5.41) is 15.0. The average Bonchev–Trinajstić information content (AvgIpc) is 3.06. The predicted octanol–water partition coefficient (Wildman–Crippen LogP) is 2.83. The molecule has 0 bridgehead atoms. The SMILES string of the molecule is C[C@@H]1[C@@H](C)CCC[C@H]1NC(=O)CSc1nnnn1-c1cccc(F)c1. The van der Waals surface area contributed by atoms with Gasteiger partial charge in [-0.15, -0.1) is 5.10 Å². The van der Waals surface area contributed by atoms with E-state index in [1.54, 1.807) is 12.1 Å². The van der Waals surface area contributed by atoms with Crippen LogP contribution in [-0.4, -0.2) is 37.9 Å². The Morgan fingerprint density at radius 2 is 2.24 bits per heavy atom. The Bertz CT molecular complexity index is 737. The molecule has 0 saturated heterocycles. The zero-order chi connectivity index (χ0) is 17.8. The number of benzene rings is 1. The lowest BCUT2D eigenvalue weighted by molar-refractivity contribution is -0.120. The normalized spacial score (nSPS) is 23.4. The molecule has 1 aliphatic rings. The molecule has 1 fully saturated rings. The summed E-state index contributed by atoms with van der Waals surface area (Å²) in [7, 11) is 0. The number of thioether (sulfide) groups is 1. The van der Waals surface area contributed by atoms with Gasteiger partial charge in [-0.05, 0) is 46.9 Å². The summed E-state index contributed by atoms with van der Waals surface area (Å²) < 4.78 is 14.8. The van der Waals surface area contributed by atoms with E-state index in [4.69, 9.17) is 0 Å². The number of hydrogen-bond donors (Lipinski definition) is 1. The van der Waals surface area contributed by atoms with Crippen LogP contribution < -0.4 is 5.32 Å². The maximum Gasteiger partial charge on any atom is 0.230 e. The van der Waals surface area contributed by atoms with E-state index >= 15 is 0 Å². The van der Waals surface area contributed by atoms with E-state index in [0.717, 1.165) is 12.8 Å². The summed E-state index contributed by atoms with van der Waals surface area (Å²) >= 11 is 1.25. The second-order valence-electron chi connectivity index (χ2n) is 6.58. The quantitative estimate of drug-likeness (QED) is 0.827. The molecule has 0 radical (unpaired) electrons. The van der Waals surface area contributed by atoms with Gasteiger partial charge in [0.2, 0.25) is 11.1 Å². The van der Waals surface area contributed by atoms with Crippen LogP contribution in [0.2, 0.25) is 0 Å². The molecule has 1 N–H and O–H groups in total. The van der Waals surface area contributed by atoms with Gasteiger partial charge in [-0.2, -0.15) is 4.68 Å². The van der Waals surface area contributed by atoms with E-state index < -0.39 is 0 Å². The molecular weight excluding hydrogens is 341 g/mol. The minimum Gasteiger partial charge on any atom is -0.352 e. The van der Waals surface area contributed by atoms with E-state index in [-0.39, 0.29) is 23.5 Å². The van der Waals surface area contributed by atoms with E-state index in [1.165, 1.54) is 35.0 Å². The number of halogens is 1. The smallest absolute Gasteiger partial charge is 0.230 e. The molecule has 8 heteroatoms. The van der Waals surface area contributed by atoms with Crippen LogP contribution in [0.1, 0.15) is 33.1 Å². The zero-order valence-electron chi connectivity index (χ0n) is 14.4. The fraction of sp³-hybridized carbons (Fsp3) is 0.529. The first kappa shape index (κ1) is 17.8. The summed E-state index contributed by atoms with van der Waals surface area (Å²) in [6.07, 6.45) is 3.41. The van der Waals surface area contributed by atoms with Gasteiger partial charge in [-0.3, -0.25) is 4.79 Å².